The molecule has 0 saturated carbocycles. The number of unbranched alkanes of at least 4 members (excludes halogenated alkanes) is 5. The molecule has 12 heteroatoms. The zero-order valence-corrected chi connectivity index (χ0v) is 28.8. The summed E-state index contributed by atoms with van der Waals surface area (Å²) in [5, 5.41) is 3.13. The minimum absolute atomic E-state index is 0.0996. The van der Waals surface area contributed by atoms with E-state index in [0.29, 0.717) is 24.2 Å². The Bertz CT molecular complexity index is 1920. The van der Waals surface area contributed by atoms with Crippen molar-refractivity contribution in [2.45, 2.75) is 64.2 Å². The third kappa shape index (κ3) is 6.94. The maximum absolute atomic E-state index is 13.2. The lowest BCUT2D eigenvalue weighted by Crippen LogP contribution is -2.57. The number of carbonyl (C=O) groups excluding carboxylic acids is 6. The molecule has 0 bridgehead atoms. The number of anilines is 2. The van der Waals surface area contributed by atoms with Gasteiger partial charge in [0.15, 0.2) is 10.2 Å². The van der Waals surface area contributed by atoms with Gasteiger partial charge in [-0.15, -0.1) is 0 Å². The van der Waals surface area contributed by atoms with Crippen LogP contribution in [0.15, 0.2) is 84.9 Å². The number of benzene rings is 4. The quantitative estimate of drug-likeness (QED) is 0.0978. The summed E-state index contributed by atoms with van der Waals surface area (Å²) in [5.41, 5.74) is 1.06. The maximum atomic E-state index is 13.2. The Labute approximate surface area is 299 Å². The second-order valence-corrected chi connectivity index (χ2v) is 13.0. The van der Waals surface area contributed by atoms with Crippen molar-refractivity contribution < 1.29 is 28.8 Å². The Morgan fingerprint density at radius 3 is 1.26 bits per heavy atom. The molecule has 0 spiro atoms. The minimum atomic E-state index is -0.623. The summed E-state index contributed by atoms with van der Waals surface area (Å²) in [7, 11) is 0. The highest BCUT2D eigenvalue weighted by Crippen LogP contribution is 2.32. The number of carbonyl (C=O) groups is 6. The first-order valence-corrected chi connectivity index (χ1v) is 17.4. The molecule has 0 radical (unpaired) electrons. The fourth-order valence-corrected chi connectivity index (χ4v) is 7.27. The van der Waals surface area contributed by atoms with Gasteiger partial charge in [-0.05, 0) is 60.2 Å². The van der Waals surface area contributed by atoms with E-state index in [1.807, 2.05) is 60.7 Å². The number of nitrogens with zero attached hydrogens (tertiary/aromatic N) is 4. The lowest BCUT2D eigenvalue weighted by molar-refractivity contribution is -0.144. The van der Waals surface area contributed by atoms with Crippen molar-refractivity contribution in [2.75, 3.05) is 9.80 Å². The minimum Gasteiger partial charge on any atom is -0.274 e. The SMILES string of the molecule is O=C(CCCCCCCCC(=O)N1C(=O)CC(=O)N(c2cccc3ccccc23)C1=S)N1C(=O)CC(=O)N(c2cccc3ccccc23)C1=S. The first kappa shape index (κ1) is 34.7. The average molecular weight is 707 g/mol. The highest BCUT2D eigenvalue weighted by atomic mass is 32.1. The zero-order chi connectivity index (χ0) is 35.4. The van der Waals surface area contributed by atoms with Crippen molar-refractivity contribution in [1.82, 2.24) is 9.80 Å². The third-order valence-electron chi connectivity index (χ3n) is 8.91. The van der Waals surface area contributed by atoms with Gasteiger partial charge in [0.25, 0.3) is 0 Å². The number of imide groups is 2. The molecular formula is C38H34N4O6S2. The normalized spacial score (nSPS) is 15.5. The van der Waals surface area contributed by atoms with Gasteiger partial charge >= 0.3 is 0 Å². The maximum Gasteiger partial charge on any atom is 0.245 e. The summed E-state index contributed by atoms with van der Waals surface area (Å²) in [6, 6.07) is 26.0. The van der Waals surface area contributed by atoms with Crippen molar-refractivity contribution in [3.8, 4) is 0 Å². The molecule has 2 heterocycles. The molecule has 4 aromatic rings. The Hall–Kier alpha value is -5.20. The van der Waals surface area contributed by atoms with Crippen molar-refractivity contribution in [3.63, 3.8) is 0 Å². The molecule has 2 aliphatic heterocycles. The standard InChI is InChI=1S/C38H34N4O6S2/c43-31(41-35(47)23-33(45)39(37(41)49)29-19-11-15-25-13-7-9-17-27(25)29)21-5-3-1-2-4-6-22-32(44)42-36(48)24-34(46)40(38(42)50)30-20-12-16-26-14-8-10-18-28(26)30/h7-20H,1-6,21-24H2. The van der Waals surface area contributed by atoms with Crippen LogP contribution >= 0.6 is 24.4 Å². The van der Waals surface area contributed by atoms with Gasteiger partial charge in [-0.25, -0.2) is 9.80 Å². The number of amides is 6. The molecule has 254 valence electrons. The van der Waals surface area contributed by atoms with E-state index in [0.717, 1.165) is 57.0 Å². The second kappa shape index (κ2) is 15.1. The zero-order valence-electron chi connectivity index (χ0n) is 27.2. The largest absolute Gasteiger partial charge is 0.274 e. The Morgan fingerprint density at radius 2 is 0.840 bits per heavy atom. The number of fused-ring (bicyclic) bond motifs is 2. The van der Waals surface area contributed by atoms with Crippen LogP contribution in [0.25, 0.3) is 21.5 Å². The van der Waals surface area contributed by atoms with E-state index in [1.54, 1.807) is 24.3 Å². The van der Waals surface area contributed by atoms with Gasteiger partial charge in [0.1, 0.15) is 12.8 Å². The van der Waals surface area contributed by atoms with Gasteiger partial charge in [0.05, 0.1) is 11.4 Å². The smallest absolute Gasteiger partial charge is 0.245 e. The van der Waals surface area contributed by atoms with E-state index < -0.39 is 48.3 Å². The molecule has 2 fully saturated rings. The predicted molar refractivity (Wildman–Crippen MR) is 198 cm³/mol. The monoisotopic (exact) mass is 706 g/mol. The van der Waals surface area contributed by atoms with Crippen LogP contribution in [0.1, 0.15) is 64.2 Å². The van der Waals surface area contributed by atoms with Crippen LogP contribution in [0, 0.1) is 0 Å². The molecule has 50 heavy (non-hydrogen) atoms. The first-order chi connectivity index (χ1) is 24.2. The highest BCUT2D eigenvalue weighted by molar-refractivity contribution is 7.81. The van der Waals surface area contributed by atoms with E-state index in [9.17, 15) is 28.8 Å². The molecule has 0 unspecified atom stereocenters. The van der Waals surface area contributed by atoms with Gasteiger partial charge in [-0.2, -0.15) is 0 Å². The van der Waals surface area contributed by atoms with Crippen molar-refractivity contribution >= 4 is 103 Å². The number of thiocarbonyl (C=S) groups is 2. The summed E-state index contributed by atoms with van der Waals surface area (Å²) >= 11 is 11.0. The third-order valence-corrected chi connectivity index (χ3v) is 9.64. The van der Waals surface area contributed by atoms with E-state index in [1.165, 1.54) is 9.80 Å². The van der Waals surface area contributed by atoms with E-state index in [-0.39, 0.29) is 23.1 Å². The number of rotatable bonds is 11. The fraction of sp³-hybridized carbons (Fsp3) is 0.263. The van der Waals surface area contributed by atoms with Gasteiger partial charge in [-0.3, -0.25) is 38.6 Å². The molecule has 6 amide bonds. The van der Waals surface area contributed by atoms with E-state index in [4.69, 9.17) is 24.4 Å². The van der Waals surface area contributed by atoms with Gasteiger partial charge < -0.3 is 0 Å². The highest BCUT2D eigenvalue weighted by Gasteiger charge is 2.41. The van der Waals surface area contributed by atoms with E-state index in [2.05, 4.69) is 0 Å². The van der Waals surface area contributed by atoms with Crippen molar-refractivity contribution in [3.05, 3.63) is 84.9 Å². The molecule has 0 aromatic heterocycles. The average Bonchev–Trinajstić information content (AvgIpc) is 3.09. The van der Waals surface area contributed by atoms with Gasteiger partial charge in [0.2, 0.25) is 35.4 Å². The van der Waals surface area contributed by atoms with E-state index >= 15 is 0 Å². The number of hydrogen-bond donors (Lipinski definition) is 0. The molecule has 10 nitrogen and oxygen atoms in total. The summed E-state index contributed by atoms with van der Waals surface area (Å²) in [6.45, 7) is 0. The summed E-state index contributed by atoms with van der Waals surface area (Å²) < 4.78 is 0. The van der Waals surface area contributed by atoms with Crippen LogP contribution in [-0.4, -0.2) is 55.5 Å². The topological polar surface area (TPSA) is 115 Å². The molecule has 0 aliphatic carbocycles. The summed E-state index contributed by atoms with van der Waals surface area (Å²) in [6.07, 6.45) is 3.40. The molecular weight excluding hydrogens is 673 g/mol. The molecule has 0 N–H and O–H groups in total. The van der Waals surface area contributed by atoms with Crippen LogP contribution in [0.3, 0.4) is 0 Å². The molecule has 2 aliphatic rings. The second-order valence-electron chi connectivity index (χ2n) is 12.2. The van der Waals surface area contributed by atoms with Crippen LogP contribution < -0.4 is 9.80 Å². The van der Waals surface area contributed by atoms with Crippen molar-refractivity contribution in [2.24, 2.45) is 0 Å². The summed E-state index contributed by atoms with van der Waals surface area (Å²) in [5.74, 6) is -3.07. The molecule has 6 rings (SSSR count). The van der Waals surface area contributed by atoms with Gasteiger partial charge in [0, 0.05) is 23.6 Å². The van der Waals surface area contributed by atoms with Crippen LogP contribution in [0.4, 0.5) is 11.4 Å². The molecule has 2 saturated heterocycles. The van der Waals surface area contributed by atoms with Crippen LogP contribution in [0.5, 0.6) is 0 Å². The first-order valence-electron chi connectivity index (χ1n) is 16.6. The predicted octanol–water partition coefficient (Wildman–Crippen LogP) is 6.57. The Kier molecular flexibility index (Phi) is 10.5. The Morgan fingerprint density at radius 1 is 0.480 bits per heavy atom. The van der Waals surface area contributed by atoms with Crippen LogP contribution in [0.2, 0.25) is 0 Å². The molecule has 4 aromatic carbocycles. The van der Waals surface area contributed by atoms with Crippen molar-refractivity contribution in [1.29, 1.82) is 0 Å². The molecule has 0 atom stereocenters. The number of hydrogen-bond acceptors (Lipinski definition) is 8. The fourth-order valence-electron chi connectivity index (χ4n) is 6.46. The summed E-state index contributed by atoms with van der Waals surface area (Å²) in [4.78, 5) is 82.1. The van der Waals surface area contributed by atoms with Gasteiger partial charge in [-0.1, -0.05) is 98.5 Å². The van der Waals surface area contributed by atoms with Crippen LogP contribution in [-0.2, 0) is 28.8 Å². The lowest BCUT2D eigenvalue weighted by Gasteiger charge is -2.34. The Balaban J connectivity index is 0.960. The lowest BCUT2D eigenvalue weighted by atomic mass is 10.1.